The molecule has 1 aromatic carbocycles. The SMILES string of the molecule is [C-]#[N+]c1ccc(/C(C)=C\c2ccc3c(c2)C(C)(C)CCC3(C)C)s1. The van der Waals surface area contributed by atoms with Crippen molar-refractivity contribution in [3.63, 3.8) is 0 Å². The second kappa shape index (κ2) is 5.90. The van der Waals surface area contributed by atoms with Gasteiger partial charge in [0.05, 0.1) is 6.57 Å². The van der Waals surface area contributed by atoms with Gasteiger partial charge in [0.2, 0.25) is 5.00 Å². The Morgan fingerprint density at radius 1 is 1.04 bits per heavy atom. The predicted octanol–water partition coefficient (Wildman–Crippen LogP) is 7.21. The molecule has 0 spiro atoms. The van der Waals surface area contributed by atoms with Crippen LogP contribution in [0.2, 0.25) is 0 Å². The second-order valence-electron chi connectivity index (χ2n) is 8.15. The van der Waals surface area contributed by atoms with Gasteiger partial charge in [-0.3, -0.25) is 0 Å². The van der Waals surface area contributed by atoms with E-state index < -0.39 is 0 Å². The standard InChI is InChI=1S/C22H25NS/c1-15(19-9-10-20(23-6)24-19)13-16-7-8-17-18(14-16)22(4,5)12-11-21(17,2)3/h7-10,13-14H,11-12H2,1-5H3/b15-13-. The van der Waals surface area contributed by atoms with Gasteiger partial charge in [0.1, 0.15) is 0 Å². The Labute approximate surface area is 149 Å². The van der Waals surface area contributed by atoms with E-state index in [0.29, 0.717) is 0 Å². The van der Waals surface area contributed by atoms with E-state index in [-0.39, 0.29) is 10.8 Å². The van der Waals surface area contributed by atoms with Crippen LogP contribution in [-0.2, 0) is 10.8 Å². The normalized spacial score (nSPS) is 18.8. The summed E-state index contributed by atoms with van der Waals surface area (Å²) < 4.78 is 0. The summed E-state index contributed by atoms with van der Waals surface area (Å²) in [6, 6.07) is 10.9. The van der Waals surface area contributed by atoms with E-state index in [1.54, 1.807) is 11.3 Å². The minimum absolute atomic E-state index is 0.239. The number of thiophene rings is 1. The number of rotatable bonds is 2. The Bertz CT molecular complexity index is 843. The highest BCUT2D eigenvalue weighted by Crippen LogP contribution is 2.46. The fourth-order valence-electron chi connectivity index (χ4n) is 3.62. The third-order valence-corrected chi connectivity index (χ3v) is 6.47. The zero-order chi connectivity index (χ0) is 17.5. The Morgan fingerprint density at radius 2 is 1.71 bits per heavy atom. The molecule has 1 aliphatic rings. The zero-order valence-corrected chi connectivity index (χ0v) is 16.1. The van der Waals surface area contributed by atoms with Gasteiger partial charge in [-0.2, -0.15) is 11.3 Å². The summed E-state index contributed by atoms with van der Waals surface area (Å²) in [4.78, 5) is 4.69. The van der Waals surface area contributed by atoms with Gasteiger partial charge in [-0.15, -0.1) is 0 Å². The summed E-state index contributed by atoms with van der Waals surface area (Å²) in [5, 5.41) is 0.756. The molecule has 0 N–H and O–H groups in total. The molecule has 0 amide bonds. The Hall–Kier alpha value is -1.85. The third kappa shape index (κ3) is 3.06. The highest BCUT2D eigenvalue weighted by atomic mass is 32.1. The Morgan fingerprint density at radius 3 is 2.33 bits per heavy atom. The van der Waals surface area contributed by atoms with Crippen LogP contribution in [0, 0.1) is 6.57 Å². The van der Waals surface area contributed by atoms with Crippen LogP contribution < -0.4 is 0 Å². The van der Waals surface area contributed by atoms with Crippen LogP contribution in [0.4, 0.5) is 5.00 Å². The Kier molecular flexibility index (Phi) is 4.18. The van der Waals surface area contributed by atoms with E-state index in [2.05, 4.69) is 69.8 Å². The summed E-state index contributed by atoms with van der Waals surface area (Å²) in [6.45, 7) is 18.7. The molecule has 24 heavy (non-hydrogen) atoms. The summed E-state index contributed by atoms with van der Waals surface area (Å²) >= 11 is 1.57. The van der Waals surface area contributed by atoms with Crippen molar-refractivity contribution in [3.8, 4) is 0 Å². The summed E-state index contributed by atoms with van der Waals surface area (Å²) in [5.74, 6) is 0. The lowest BCUT2D eigenvalue weighted by Gasteiger charge is -2.42. The van der Waals surface area contributed by atoms with Crippen LogP contribution in [0.1, 0.15) is 69.0 Å². The highest BCUT2D eigenvalue weighted by molar-refractivity contribution is 7.17. The topological polar surface area (TPSA) is 4.36 Å². The monoisotopic (exact) mass is 335 g/mol. The molecule has 0 atom stereocenters. The molecule has 1 aliphatic carbocycles. The van der Waals surface area contributed by atoms with Crippen molar-refractivity contribution in [1.29, 1.82) is 0 Å². The first-order valence-corrected chi connectivity index (χ1v) is 9.36. The average Bonchev–Trinajstić information content (AvgIpc) is 3.01. The van der Waals surface area contributed by atoms with Crippen LogP contribution in [0.5, 0.6) is 0 Å². The first-order valence-electron chi connectivity index (χ1n) is 8.54. The molecule has 0 radical (unpaired) electrons. The maximum Gasteiger partial charge on any atom is 0.241 e. The van der Waals surface area contributed by atoms with Crippen molar-refractivity contribution in [2.24, 2.45) is 0 Å². The fourth-order valence-corrected chi connectivity index (χ4v) is 4.38. The minimum atomic E-state index is 0.239. The molecule has 0 unspecified atom stereocenters. The van der Waals surface area contributed by atoms with Gasteiger partial charge in [0.15, 0.2) is 0 Å². The van der Waals surface area contributed by atoms with Crippen molar-refractivity contribution >= 4 is 28.0 Å². The number of allylic oxidation sites excluding steroid dienone is 1. The second-order valence-corrected chi connectivity index (χ2v) is 9.21. The first-order chi connectivity index (χ1) is 11.2. The van der Waals surface area contributed by atoms with Gasteiger partial charge in [-0.1, -0.05) is 58.0 Å². The molecule has 3 rings (SSSR count). The van der Waals surface area contributed by atoms with Crippen LogP contribution in [0.15, 0.2) is 30.3 Å². The van der Waals surface area contributed by atoms with Gasteiger partial charge >= 0.3 is 0 Å². The fraction of sp³-hybridized carbons (Fsp3) is 0.409. The molecule has 0 fully saturated rings. The van der Waals surface area contributed by atoms with E-state index in [9.17, 15) is 0 Å². The van der Waals surface area contributed by atoms with Gasteiger partial charge < -0.3 is 0 Å². The summed E-state index contributed by atoms with van der Waals surface area (Å²) in [5.41, 5.74) is 5.98. The summed E-state index contributed by atoms with van der Waals surface area (Å²) in [6.07, 6.45) is 4.73. The van der Waals surface area contributed by atoms with Crippen molar-refractivity contribution in [3.05, 3.63) is 63.3 Å². The molecule has 0 bridgehead atoms. The average molecular weight is 336 g/mol. The molecule has 1 heterocycles. The summed E-state index contributed by atoms with van der Waals surface area (Å²) in [7, 11) is 0. The molecule has 1 aromatic heterocycles. The van der Waals surface area contributed by atoms with Crippen molar-refractivity contribution in [2.75, 3.05) is 0 Å². The smallest absolute Gasteiger partial charge is 0.227 e. The first kappa shape index (κ1) is 17.0. The van der Waals surface area contributed by atoms with Gasteiger partial charge in [0, 0.05) is 4.88 Å². The lowest BCUT2D eigenvalue weighted by atomic mass is 9.63. The Balaban J connectivity index is 2.02. The molecular weight excluding hydrogens is 310 g/mol. The number of hydrogen-bond acceptors (Lipinski definition) is 1. The molecule has 2 aromatic rings. The highest BCUT2D eigenvalue weighted by Gasteiger charge is 2.36. The number of hydrogen-bond donors (Lipinski definition) is 0. The molecule has 1 nitrogen and oxygen atoms in total. The van der Waals surface area contributed by atoms with Crippen LogP contribution in [-0.4, -0.2) is 0 Å². The van der Waals surface area contributed by atoms with Gasteiger partial charge in [-0.25, -0.2) is 4.85 Å². The van der Waals surface area contributed by atoms with E-state index in [0.717, 1.165) is 5.00 Å². The predicted molar refractivity (Wildman–Crippen MR) is 106 cm³/mol. The van der Waals surface area contributed by atoms with Crippen molar-refractivity contribution in [1.82, 2.24) is 0 Å². The molecular formula is C22H25NS. The lowest BCUT2D eigenvalue weighted by Crippen LogP contribution is -2.33. The molecule has 2 heteroatoms. The van der Waals surface area contributed by atoms with Crippen molar-refractivity contribution in [2.45, 2.75) is 58.3 Å². The quantitative estimate of drug-likeness (QED) is 0.511. The molecule has 124 valence electrons. The minimum Gasteiger partial charge on any atom is -0.227 e. The lowest BCUT2D eigenvalue weighted by molar-refractivity contribution is 0.332. The maximum absolute atomic E-state index is 7.12. The van der Waals surface area contributed by atoms with E-state index in [1.807, 2.05) is 6.07 Å². The maximum atomic E-state index is 7.12. The third-order valence-electron chi connectivity index (χ3n) is 5.35. The van der Waals surface area contributed by atoms with Crippen LogP contribution >= 0.6 is 11.3 Å². The molecule has 0 aliphatic heterocycles. The number of fused-ring (bicyclic) bond motifs is 1. The van der Waals surface area contributed by atoms with Gasteiger partial charge in [0.25, 0.3) is 0 Å². The molecule has 0 saturated carbocycles. The van der Waals surface area contributed by atoms with E-state index in [4.69, 9.17) is 6.57 Å². The van der Waals surface area contributed by atoms with Gasteiger partial charge in [-0.05, 0) is 58.9 Å². The van der Waals surface area contributed by atoms with Crippen LogP contribution in [0.3, 0.4) is 0 Å². The largest absolute Gasteiger partial charge is 0.241 e. The number of nitrogens with zero attached hydrogens (tertiary/aromatic N) is 1. The van der Waals surface area contributed by atoms with Crippen molar-refractivity contribution < 1.29 is 0 Å². The van der Waals surface area contributed by atoms with E-state index in [1.165, 1.54) is 40.0 Å². The number of benzene rings is 1. The van der Waals surface area contributed by atoms with Crippen LogP contribution in [0.25, 0.3) is 16.5 Å². The molecule has 0 saturated heterocycles. The zero-order valence-electron chi connectivity index (χ0n) is 15.2. The van der Waals surface area contributed by atoms with E-state index >= 15 is 0 Å².